The second-order valence-electron chi connectivity index (χ2n) is 5.94. The largest absolute Gasteiger partial charge is 0.352 e. The molecule has 7 nitrogen and oxygen atoms in total. The van der Waals surface area contributed by atoms with Gasteiger partial charge < -0.3 is 9.80 Å². The SMILES string of the molecule is CN1CCN(C2CN(c3ncccc3S(C)(=O)=O)C2)CC1=O. The molecule has 0 unspecified atom stereocenters. The minimum atomic E-state index is -3.29. The van der Waals surface area contributed by atoms with Gasteiger partial charge in [-0.3, -0.25) is 9.69 Å². The van der Waals surface area contributed by atoms with Crippen LogP contribution in [0.25, 0.3) is 0 Å². The Morgan fingerprint density at radius 2 is 2.00 bits per heavy atom. The van der Waals surface area contributed by atoms with Crippen LogP contribution in [-0.2, 0) is 14.6 Å². The van der Waals surface area contributed by atoms with Crippen LogP contribution in [0.15, 0.2) is 23.2 Å². The third-order valence-electron chi connectivity index (χ3n) is 4.32. The van der Waals surface area contributed by atoms with E-state index < -0.39 is 9.84 Å². The minimum absolute atomic E-state index is 0.138. The molecule has 0 aromatic carbocycles. The molecule has 8 heteroatoms. The van der Waals surface area contributed by atoms with Crippen LogP contribution in [-0.4, -0.2) is 81.2 Å². The first kappa shape index (κ1) is 15.2. The Balaban J connectivity index is 1.68. The van der Waals surface area contributed by atoms with Crippen LogP contribution in [0, 0.1) is 0 Å². The van der Waals surface area contributed by atoms with E-state index in [4.69, 9.17) is 0 Å². The van der Waals surface area contributed by atoms with Gasteiger partial charge in [0, 0.05) is 51.7 Å². The van der Waals surface area contributed by atoms with Gasteiger partial charge in [0.05, 0.1) is 6.54 Å². The Bertz CT molecular complexity index is 685. The second-order valence-corrected chi connectivity index (χ2v) is 7.93. The Morgan fingerprint density at radius 1 is 1.27 bits per heavy atom. The van der Waals surface area contributed by atoms with Crippen molar-refractivity contribution in [3.8, 4) is 0 Å². The van der Waals surface area contributed by atoms with Gasteiger partial charge in [0.1, 0.15) is 10.7 Å². The Kier molecular flexibility index (Phi) is 3.82. The number of likely N-dealkylation sites (N-methyl/N-ethyl adjacent to an activating group) is 1. The van der Waals surface area contributed by atoms with Crippen molar-refractivity contribution in [2.24, 2.45) is 0 Å². The Morgan fingerprint density at radius 3 is 2.64 bits per heavy atom. The highest BCUT2D eigenvalue weighted by atomic mass is 32.2. The normalized spacial score (nSPS) is 21.1. The van der Waals surface area contributed by atoms with Gasteiger partial charge in [-0.2, -0.15) is 0 Å². The molecule has 1 amide bonds. The van der Waals surface area contributed by atoms with E-state index in [9.17, 15) is 13.2 Å². The molecule has 0 aliphatic carbocycles. The molecule has 0 spiro atoms. The van der Waals surface area contributed by atoms with Crippen molar-refractivity contribution in [3.63, 3.8) is 0 Å². The lowest BCUT2D eigenvalue weighted by Gasteiger charge is -2.48. The quantitative estimate of drug-likeness (QED) is 0.743. The number of nitrogens with zero attached hydrogens (tertiary/aromatic N) is 4. The number of rotatable bonds is 3. The fraction of sp³-hybridized carbons (Fsp3) is 0.571. The predicted octanol–water partition coefficient (Wildman–Crippen LogP) is -0.552. The summed E-state index contributed by atoms with van der Waals surface area (Å²) in [6.07, 6.45) is 2.81. The maximum absolute atomic E-state index is 11.8. The molecular weight excluding hydrogens is 304 g/mol. The molecule has 1 aromatic heterocycles. The predicted molar refractivity (Wildman–Crippen MR) is 82.6 cm³/mol. The molecule has 0 bridgehead atoms. The van der Waals surface area contributed by atoms with Crippen molar-refractivity contribution in [1.29, 1.82) is 0 Å². The Hall–Kier alpha value is -1.67. The van der Waals surface area contributed by atoms with Gasteiger partial charge >= 0.3 is 0 Å². The molecule has 2 fully saturated rings. The number of sulfone groups is 1. The fourth-order valence-electron chi connectivity index (χ4n) is 2.86. The summed E-state index contributed by atoms with van der Waals surface area (Å²) < 4.78 is 23.7. The van der Waals surface area contributed by atoms with Crippen LogP contribution in [0.3, 0.4) is 0 Å². The molecule has 120 valence electrons. The zero-order chi connectivity index (χ0) is 15.9. The summed E-state index contributed by atoms with van der Waals surface area (Å²) in [5.74, 6) is 0.654. The van der Waals surface area contributed by atoms with Crippen LogP contribution in [0.2, 0.25) is 0 Å². The van der Waals surface area contributed by atoms with Gasteiger partial charge in [-0.1, -0.05) is 0 Å². The molecule has 3 rings (SSSR count). The third kappa shape index (κ3) is 2.80. The van der Waals surface area contributed by atoms with E-state index in [0.717, 1.165) is 13.1 Å². The molecule has 1 aromatic rings. The van der Waals surface area contributed by atoms with Crippen molar-refractivity contribution >= 4 is 21.6 Å². The van der Waals surface area contributed by atoms with Gasteiger partial charge in [-0.25, -0.2) is 13.4 Å². The van der Waals surface area contributed by atoms with Gasteiger partial charge in [-0.05, 0) is 12.1 Å². The summed E-state index contributed by atoms with van der Waals surface area (Å²) >= 11 is 0. The van der Waals surface area contributed by atoms with Gasteiger partial charge in [0.15, 0.2) is 9.84 Å². The van der Waals surface area contributed by atoms with Crippen molar-refractivity contribution in [2.45, 2.75) is 10.9 Å². The van der Waals surface area contributed by atoms with E-state index in [0.29, 0.717) is 25.5 Å². The second kappa shape index (κ2) is 5.51. The minimum Gasteiger partial charge on any atom is -0.352 e. The van der Waals surface area contributed by atoms with Gasteiger partial charge in [-0.15, -0.1) is 0 Å². The molecule has 22 heavy (non-hydrogen) atoms. The highest BCUT2D eigenvalue weighted by molar-refractivity contribution is 7.90. The molecule has 2 aliphatic heterocycles. The first-order valence-corrected chi connectivity index (χ1v) is 9.13. The van der Waals surface area contributed by atoms with E-state index in [1.54, 1.807) is 23.2 Å². The lowest BCUT2D eigenvalue weighted by molar-refractivity contribution is -0.135. The lowest BCUT2D eigenvalue weighted by Crippen LogP contribution is -2.64. The number of carbonyl (C=O) groups is 1. The maximum Gasteiger partial charge on any atom is 0.236 e. The van der Waals surface area contributed by atoms with Crippen LogP contribution >= 0.6 is 0 Å². The summed E-state index contributed by atoms with van der Waals surface area (Å²) in [4.78, 5) is 22.1. The third-order valence-corrected chi connectivity index (χ3v) is 5.43. The number of amides is 1. The lowest BCUT2D eigenvalue weighted by atomic mass is 10.1. The van der Waals surface area contributed by atoms with E-state index >= 15 is 0 Å². The van der Waals surface area contributed by atoms with Crippen LogP contribution in [0.1, 0.15) is 0 Å². The number of anilines is 1. The van der Waals surface area contributed by atoms with Crippen molar-refractivity contribution in [3.05, 3.63) is 18.3 Å². The maximum atomic E-state index is 11.8. The summed E-state index contributed by atoms with van der Waals surface area (Å²) in [5, 5.41) is 0. The monoisotopic (exact) mass is 324 g/mol. The number of pyridine rings is 1. The highest BCUT2D eigenvalue weighted by Crippen LogP contribution is 2.28. The smallest absolute Gasteiger partial charge is 0.236 e. The first-order chi connectivity index (χ1) is 10.4. The number of carbonyl (C=O) groups excluding carboxylic acids is 1. The average molecular weight is 324 g/mol. The standard InChI is InChI=1S/C14H20N4O3S/c1-16-6-7-17(10-13(16)19)11-8-18(9-11)14-12(22(2,20)21)4-3-5-15-14/h3-5,11H,6-10H2,1-2H3. The zero-order valence-corrected chi connectivity index (χ0v) is 13.6. The van der Waals surface area contributed by atoms with Gasteiger partial charge in [0.25, 0.3) is 0 Å². The molecule has 0 atom stereocenters. The molecule has 0 N–H and O–H groups in total. The number of aromatic nitrogens is 1. The first-order valence-electron chi connectivity index (χ1n) is 7.24. The van der Waals surface area contributed by atoms with Crippen LogP contribution in [0.5, 0.6) is 0 Å². The molecule has 0 saturated carbocycles. The van der Waals surface area contributed by atoms with E-state index in [1.807, 2.05) is 11.9 Å². The fourth-order valence-corrected chi connectivity index (χ4v) is 3.70. The number of hydrogen-bond donors (Lipinski definition) is 0. The molecule has 3 heterocycles. The van der Waals surface area contributed by atoms with E-state index in [2.05, 4.69) is 9.88 Å². The highest BCUT2D eigenvalue weighted by Gasteiger charge is 2.37. The zero-order valence-electron chi connectivity index (χ0n) is 12.8. The van der Waals surface area contributed by atoms with Crippen molar-refractivity contribution in [2.75, 3.05) is 50.9 Å². The van der Waals surface area contributed by atoms with Crippen LogP contribution < -0.4 is 4.90 Å². The van der Waals surface area contributed by atoms with E-state index in [1.165, 1.54) is 6.26 Å². The molecule has 2 aliphatic rings. The van der Waals surface area contributed by atoms with E-state index in [-0.39, 0.29) is 16.8 Å². The molecule has 2 saturated heterocycles. The topological polar surface area (TPSA) is 73.8 Å². The number of piperazine rings is 1. The summed E-state index contributed by atoms with van der Waals surface area (Å²) in [6, 6.07) is 3.51. The summed E-state index contributed by atoms with van der Waals surface area (Å²) in [5.41, 5.74) is 0. The van der Waals surface area contributed by atoms with Crippen molar-refractivity contribution in [1.82, 2.24) is 14.8 Å². The Labute approximate surface area is 130 Å². The van der Waals surface area contributed by atoms with Gasteiger partial charge in [0.2, 0.25) is 5.91 Å². The van der Waals surface area contributed by atoms with Crippen LogP contribution in [0.4, 0.5) is 5.82 Å². The van der Waals surface area contributed by atoms with Crippen molar-refractivity contribution < 1.29 is 13.2 Å². The average Bonchev–Trinajstić information content (AvgIpc) is 2.40. The molecular formula is C14H20N4O3S. The molecule has 0 radical (unpaired) electrons. The summed E-state index contributed by atoms with van der Waals surface area (Å²) in [6.45, 7) is 3.46. The summed E-state index contributed by atoms with van der Waals surface area (Å²) in [7, 11) is -1.47. The number of hydrogen-bond acceptors (Lipinski definition) is 6.